The second kappa shape index (κ2) is 14.6. The zero-order valence-corrected chi connectivity index (χ0v) is 6.36. The van der Waals surface area contributed by atoms with Crippen molar-refractivity contribution in [2.75, 3.05) is 40.0 Å². The molecule has 6 heteroatoms. The Kier molecular flexibility index (Phi) is 18.9. The Bertz CT molecular complexity index is 65.0. The van der Waals surface area contributed by atoms with Gasteiger partial charge in [-0.3, -0.25) is 0 Å². The van der Waals surface area contributed by atoms with Gasteiger partial charge in [0.05, 0.1) is 26.4 Å². The zero-order chi connectivity index (χ0) is 8.36. The number of aliphatic hydroxyl groups excluding tert-OH is 2. The van der Waals surface area contributed by atoms with Gasteiger partial charge in [-0.05, 0) is 0 Å². The Hall–Kier alpha value is 1.06. The monoisotopic (exact) mass is 208 g/mol. The molecular formula is C6H16CaO5. The van der Waals surface area contributed by atoms with Crippen molar-refractivity contribution in [1.29, 1.82) is 0 Å². The summed E-state index contributed by atoms with van der Waals surface area (Å²) < 4.78 is 14.3. The molecular weight excluding hydrogens is 192 g/mol. The van der Waals surface area contributed by atoms with E-state index >= 15 is 0 Å². The zero-order valence-electron chi connectivity index (χ0n) is 6.36. The molecule has 0 aliphatic carbocycles. The molecule has 0 aromatic rings. The summed E-state index contributed by atoms with van der Waals surface area (Å²) in [6, 6.07) is 0. The molecule has 0 spiro atoms. The maximum absolute atomic E-state index is 8.26. The minimum absolute atomic E-state index is 0. The van der Waals surface area contributed by atoms with Crippen LogP contribution in [0, 0.1) is 0 Å². The van der Waals surface area contributed by atoms with Crippen LogP contribution in [0.2, 0.25) is 0 Å². The summed E-state index contributed by atoms with van der Waals surface area (Å²) in [6.07, 6.45) is 0. The third kappa shape index (κ3) is 13.6. The minimum atomic E-state index is -0.0130. The summed E-state index contributed by atoms with van der Waals surface area (Å²) in [7, 11) is 0. The molecule has 2 N–H and O–H groups in total. The van der Waals surface area contributed by atoms with Crippen LogP contribution in [0.15, 0.2) is 0 Å². The van der Waals surface area contributed by atoms with Gasteiger partial charge in [-0.2, -0.15) is 0 Å². The third-order valence-electron chi connectivity index (χ3n) is 0.805. The van der Waals surface area contributed by atoms with Crippen molar-refractivity contribution in [2.24, 2.45) is 0 Å². The molecule has 0 saturated heterocycles. The molecule has 0 unspecified atom stereocenters. The van der Waals surface area contributed by atoms with Crippen LogP contribution in [0.4, 0.5) is 0 Å². The number of aliphatic hydroxyl groups is 2. The number of rotatable bonds is 8. The molecule has 0 aliphatic heterocycles. The normalized spacial score (nSPS) is 9.50. The van der Waals surface area contributed by atoms with E-state index in [4.69, 9.17) is 24.4 Å². The molecule has 0 radical (unpaired) electrons. The van der Waals surface area contributed by atoms with Crippen LogP contribution in [0.1, 0.15) is 0 Å². The van der Waals surface area contributed by atoms with Gasteiger partial charge in [-0.15, -0.1) is 0 Å². The van der Waals surface area contributed by atoms with E-state index < -0.39 is 0 Å². The second-order valence-electron chi connectivity index (χ2n) is 1.70. The molecule has 0 atom stereocenters. The first-order valence-electron chi connectivity index (χ1n) is 3.36. The molecule has 12 heavy (non-hydrogen) atoms. The molecule has 0 fully saturated rings. The van der Waals surface area contributed by atoms with Crippen LogP contribution < -0.4 is 0 Å². The summed E-state index contributed by atoms with van der Waals surface area (Å²) in [6.45, 7) is 0.708. The summed E-state index contributed by atoms with van der Waals surface area (Å²) >= 11 is 0. The maximum atomic E-state index is 8.26. The van der Waals surface area contributed by atoms with Gasteiger partial charge in [0.15, 0.2) is 0 Å². The van der Waals surface area contributed by atoms with E-state index in [0.29, 0.717) is 0 Å². The van der Waals surface area contributed by atoms with Gasteiger partial charge in [-0.25, -0.2) is 0 Å². The van der Waals surface area contributed by atoms with Crippen molar-refractivity contribution in [3.05, 3.63) is 0 Å². The molecule has 0 heterocycles. The molecule has 0 saturated carbocycles. The molecule has 0 aromatic heterocycles. The van der Waals surface area contributed by atoms with Crippen molar-refractivity contribution in [3.63, 3.8) is 0 Å². The van der Waals surface area contributed by atoms with Crippen molar-refractivity contribution in [3.8, 4) is 0 Å². The van der Waals surface area contributed by atoms with Crippen molar-refractivity contribution in [1.82, 2.24) is 0 Å². The van der Waals surface area contributed by atoms with Crippen LogP contribution >= 0.6 is 0 Å². The number of hydrogen-bond acceptors (Lipinski definition) is 5. The average Bonchev–Trinajstić information content (AvgIpc) is 2.03. The van der Waals surface area contributed by atoms with Crippen LogP contribution in [0.3, 0.4) is 0 Å². The quantitative estimate of drug-likeness (QED) is 0.275. The Morgan fingerprint density at radius 1 is 0.750 bits per heavy atom. The number of hydrogen-bond donors (Lipinski definition) is 2. The fourth-order valence-corrected chi connectivity index (χ4v) is 0.399. The Morgan fingerprint density at radius 3 is 1.50 bits per heavy atom. The van der Waals surface area contributed by atoms with Gasteiger partial charge < -0.3 is 24.4 Å². The van der Waals surface area contributed by atoms with Gasteiger partial charge in [0, 0.05) is 0 Å². The standard InChI is InChI=1S/C6H14O5.Ca.2H/c7-1-3-9-5-11-6-10-4-2-8;;;/h7-8H,1-6H2;;;. The first-order valence-corrected chi connectivity index (χ1v) is 3.36. The second-order valence-corrected chi connectivity index (χ2v) is 1.70. The molecule has 0 aliphatic rings. The van der Waals surface area contributed by atoms with Crippen LogP contribution in [-0.4, -0.2) is 88.0 Å². The van der Waals surface area contributed by atoms with Gasteiger partial charge in [0.1, 0.15) is 13.6 Å². The Labute approximate surface area is 102 Å². The van der Waals surface area contributed by atoms with Crippen LogP contribution in [0.5, 0.6) is 0 Å². The van der Waals surface area contributed by atoms with Crippen molar-refractivity contribution >= 4 is 37.7 Å². The first kappa shape index (κ1) is 15.5. The Morgan fingerprint density at radius 2 is 1.17 bits per heavy atom. The van der Waals surface area contributed by atoms with Crippen molar-refractivity contribution < 1.29 is 24.4 Å². The van der Waals surface area contributed by atoms with Gasteiger partial charge >= 0.3 is 37.7 Å². The molecule has 0 amide bonds. The van der Waals surface area contributed by atoms with Crippen LogP contribution in [-0.2, 0) is 14.2 Å². The first-order chi connectivity index (χ1) is 5.41. The summed E-state index contributed by atoms with van der Waals surface area (Å²) in [5.41, 5.74) is 0. The van der Waals surface area contributed by atoms with E-state index in [1.807, 2.05) is 0 Å². The SMILES string of the molecule is OCCOCOCOCCO.[CaH2]. The van der Waals surface area contributed by atoms with E-state index in [-0.39, 0.29) is 77.8 Å². The van der Waals surface area contributed by atoms with E-state index in [9.17, 15) is 0 Å². The summed E-state index contributed by atoms with van der Waals surface area (Å²) in [5, 5.41) is 16.5. The van der Waals surface area contributed by atoms with Crippen LogP contribution in [0.25, 0.3) is 0 Å². The topological polar surface area (TPSA) is 68.2 Å². The van der Waals surface area contributed by atoms with E-state index in [0.717, 1.165) is 0 Å². The molecule has 5 nitrogen and oxygen atoms in total. The predicted octanol–water partition coefficient (Wildman–Crippen LogP) is -1.98. The molecule has 0 bridgehead atoms. The third-order valence-corrected chi connectivity index (χ3v) is 0.805. The predicted molar refractivity (Wildman–Crippen MR) is 45.4 cm³/mol. The van der Waals surface area contributed by atoms with E-state index in [1.165, 1.54) is 0 Å². The fourth-order valence-electron chi connectivity index (χ4n) is 0.399. The van der Waals surface area contributed by atoms with Gasteiger partial charge in [0.25, 0.3) is 0 Å². The summed E-state index contributed by atoms with van der Waals surface area (Å²) in [5.74, 6) is 0. The number of ether oxygens (including phenoxy) is 3. The average molecular weight is 208 g/mol. The molecule has 0 rings (SSSR count). The summed E-state index contributed by atoms with van der Waals surface area (Å²) in [4.78, 5) is 0. The molecule has 0 aromatic carbocycles. The fraction of sp³-hybridized carbons (Fsp3) is 1.00. The Balaban J connectivity index is 0. The van der Waals surface area contributed by atoms with Gasteiger partial charge in [-0.1, -0.05) is 0 Å². The van der Waals surface area contributed by atoms with Crippen molar-refractivity contribution in [2.45, 2.75) is 0 Å². The van der Waals surface area contributed by atoms with E-state index in [2.05, 4.69) is 0 Å². The van der Waals surface area contributed by atoms with Gasteiger partial charge in [0.2, 0.25) is 0 Å². The molecule has 72 valence electrons. The van der Waals surface area contributed by atoms with E-state index in [1.54, 1.807) is 0 Å².